The molecular weight excluding hydrogens is 288 g/mol. The SMILES string of the molecule is C1=C\CC/C(c2ccc3ccc4cccc5ccc2c3c45)=C\CC/1. The number of benzene rings is 4. The van der Waals surface area contributed by atoms with Gasteiger partial charge in [0.25, 0.3) is 0 Å². The fourth-order valence-corrected chi connectivity index (χ4v) is 4.19. The minimum atomic E-state index is 1.14. The topological polar surface area (TPSA) is 0 Å². The van der Waals surface area contributed by atoms with E-state index in [1.165, 1.54) is 43.5 Å². The Kier molecular flexibility index (Phi) is 3.16. The second kappa shape index (κ2) is 5.49. The van der Waals surface area contributed by atoms with Gasteiger partial charge in [0.05, 0.1) is 0 Å². The van der Waals surface area contributed by atoms with Gasteiger partial charge in [-0.25, -0.2) is 0 Å². The molecule has 5 rings (SSSR count). The summed E-state index contributed by atoms with van der Waals surface area (Å²) in [6, 6.07) is 20.4. The third-order valence-corrected chi connectivity index (χ3v) is 5.35. The van der Waals surface area contributed by atoms with Crippen LogP contribution in [0.15, 0.2) is 72.8 Å². The molecule has 0 bridgehead atoms. The van der Waals surface area contributed by atoms with E-state index in [2.05, 4.69) is 72.8 Å². The highest BCUT2D eigenvalue weighted by Gasteiger charge is 2.13. The highest BCUT2D eigenvalue weighted by Crippen LogP contribution is 2.38. The van der Waals surface area contributed by atoms with Crippen molar-refractivity contribution in [3.05, 3.63) is 78.4 Å². The van der Waals surface area contributed by atoms with Crippen molar-refractivity contribution in [1.29, 1.82) is 0 Å². The normalized spacial score (nSPS) is 19.2. The van der Waals surface area contributed by atoms with Gasteiger partial charge in [0.15, 0.2) is 0 Å². The first-order chi connectivity index (χ1) is 11.9. The maximum Gasteiger partial charge on any atom is -0.00207 e. The lowest BCUT2D eigenvalue weighted by molar-refractivity contribution is 0.976. The summed E-state index contributed by atoms with van der Waals surface area (Å²) >= 11 is 0. The maximum atomic E-state index is 2.45. The molecule has 0 heteroatoms. The number of hydrogen-bond acceptors (Lipinski definition) is 0. The molecule has 0 N–H and O–H groups in total. The fourth-order valence-electron chi connectivity index (χ4n) is 4.19. The first-order valence-electron chi connectivity index (χ1n) is 8.93. The van der Waals surface area contributed by atoms with Crippen LogP contribution in [0.4, 0.5) is 0 Å². The molecule has 0 saturated heterocycles. The van der Waals surface area contributed by atoms with Gasteiger partial charge in [0.1, 0.15) is 0 Å². The van der Waals surface area contributed by atoms with Crippen LogP contribution in [0.1, 0.15) is 31.2 Å². The van der Waals surface area contributed by atoms with E-state index in [-0.39, 0.29) is 0 Å². The highest BCUT2D eigenvalue weighted by molar-refractivity contribution is 6.24. The van der Waals surface area contributed by atoms with Gasteiger partial charge in [0, 0.05) is 0 Å². The number of rotatable bonds is 1. The quantitative estimate of drug-likeness (QED) is 0.260. The van der Waals surface area contributed by atoms with Crippen LogP contribution in [0.5, 0.6) is 0 Å². The molecule has 4 aromatic rings. The Hall–Kier alpha value is -2.60. The van der Waals surface area contributed by atoms with Crippen LogP contribution in [-0.4, -0.2) is 0 Å². The number of hydrogen-bond donors (Lipinski definition) is 0. The van der Waals surface area contributed by atoms with E-state index in [9.17, 15) is 0 Å². The Bertz CT molecular complexity index is 1080. The average Bonchev–Trinajstić information content (AvgIpc) is 2.60. The predicted octanol–water partition coefficient (Wildman–Crippen LogP) is 7.10. The van der Waals surface area contributed by atoms with E-state index in [0.717, 1.165) is 25.7 Å². The smallest absolute Gasteiger partial charge is 0.00207 e. The van der Waals surface area contributed by atoms with E-state index >= 15 is 0 Å². The molecule has 4 aromatic carbocycles. The second-order valence-corrected chi connectivity index (χ2v) is 6.79. The molecule has 0 heterocycles. The van der Waals surface area contributed by atoms with E-state index in [1.54, 1.807) is 0 Å². The van der Waals surface area contributed by atoms with Gasteiger partial charge in [-0.1, -0.05) is 72.8 Å². The molecule has 1 aliphatic carbocycles. The Morgan fingerprint density at radius 2 is 1.29 bits per heavy atom. The second-order valence-electron chi connectivity index (χ2n) is 6.79. The van der Waals surface area contributed by atoms with Gasteiger partial charge in [-0.3, -0.25) is 0 Å². The van der Waals surface area contributed by atoms with Gasteiger partial charge < -0.3 is 0 Å². The van der Waals surface area contributed by atoms with Gasteiger partial charge in [-0.15, -0.1) is 0 Å². The lowest BCUT2D eigenvalue weighted by Crippen LogP contribution is -1.92. The summed E-state index contributed by atoms with van der Waals surface area (Å²) in [7, 11) is 0. The van der Waals surface area contributed by atoms with E-state index < -0.39 is 0 Å². The molecule has 116 valence electrons. The standard InChI is InChI=1S/C24H20/c1-2-4-7-17(8-5-3-1)21-15-13-20-12-11-18-9-6-10-19-14-16-22(21)24(20)23(18)19/h1-2,6,8-16H,3-5,7H2/b2-1-,17-8+. The molecule has 0 radical (unpaired) electrons. The summed E-state index contributed by atoms with van der Waals surface area (Å²) in [5, 5.41) is 8.30. The predicted molar refractivity (Wildman–Crippen MR) is 106 cm³/mol. The van der Waals surface area contributed by atoms with Crippen LogP contribution in [0.25, 0.3) is 37.9 Å². The molecule has 0 unspecified atom stereocenters. The van der Waals surface area contributed by atoms with Crippen LogP contribution in [-0.2, 0) is 0 Å². The van der Waals surface area contributed by atoms with Crippen molar-refractivity contribution in [2.24, 2.45) is 0 Å². The molecule has 0 nitrogen and oxygen atoms in total. The highest BCUT2D eigenvalue weighted by atomic mass is 14.2. The van der Waals surface area contributed by atoms with Crippen molar-refractivity contribution >= 4 is 37.9 Å². The van der Waals surface area contributed by atoms with Crippen LogP contribution in [0.3, 0.4) is 0 Å². The first kappa shape index (κ1) is 13.8. The van der Waals surface area contributed by atoms with Crippen molar-refractivity contribution in [3.63, 3.8) is 0 Å². The zero-order chi connectivity index (χ0) is 15.9. The molecule has 24 heavy (non-hydrogen) atoms. The largest absolute Gasteiger partial charge is 0.0882 e. The van der Waals surface area contributed by atoms with Crippen molar-refractivity contribution in [2.45, 2.75) is 25.7 Å². The van der Waals surface area contributed by atoms with Crippen molar-refractivity contribution in [2.75, 3.05) is 0 Å². The molecular formula is C24H20. The molecule has 0 atom stereocenters. The van der Waals surface area contributed by atoms with Gasteiger partial charge in [0.2, 0.25) is 0 Å². The van der Waals surface area contributed by atoms with Crippen LogP contribution < -0.4 is 0 Å². The molecule has 0 fully saturated rings. The Morgan fingerprint density at radius 1 is 0.583 bits per heavy atom. The fraction of sp³-hybridized carbons (Fsp3) is 0.167. The Balaban J connectivity index is 1.84. The molecule has 0 saturated carbocycles. The summed E-state index contributed by atoms with van der Waals surface area (Å²) in [6.45, 7) is 0. The van der Waals surface area contributed by atoms with Crippen LogP contribution in [0.2, 0.25) is 0 Å². The first-order valence-corrected chi connectivity index (χ1v) is 8.93. The van der Waals surface area contributed by atoms with E-state index in [4.69, 9.17) is 0 Å². The lowest BCUT2D eigenvalue weighted by atomic mass is 9.88. The van der Waals surface area contributed by atoms with Crippen molar-refractivity contribution in [3.8, 4) is 0 Å². The van der Waals surface area contributed by atoms with Crippen molar-refractivity contribution < 1.29 is 0 Å². The molecule has 1 aliphatic rings. The summed E-state index contributed by atoms with van der Waals surface area (Å²) in [4.78, 5) is 0. The minimum Gasteiger partial charge on any atom is -0.0882 e. The van der Waals surface area contributed by atoms with Crippen LogP contribution in [0, 0.1) is 0 Å². The maximum absolute atomic E-state index is 2.45. The third-order valence-electron chi connectivity index (χ3n) is 5.35. The minimum absolute atomic E-state index is 1.14. The molecule has 0 amide bonds. The van der Waals surface area contributed by atoms with E-state index in [0.29, 0.717) is 0 Å². The Morgan fingerprint density at radius 3 is 2.17 bits per heavy atom. The molecule has 0 spiro atoms. The van der Waals surface area contributed by atoms with E-state index in [1.807, 2.05) is 0 Å². The van der Waals surface area contributed by atoms with Gasteiger partial charge >= 0.3 is 0 Å². The zero-order valence-electron chi connectivity index (χ0n) is 13.8. The lowest BCUT2D eigenvalue weighted by Gasteiger charge is -2.16. The third kappa shape index (κ3) is 2.06. The van der Waals surface area contributed by atoms with Gasteiger partial charge in [-0.2, -0.15) is 0 Å². The van der Waals surface area contributed by atoms with Crippen molar-refractivity contribution in [1.82, 2.24) is 0 Å². The number of allylic oxidation sites excluding steroid dienone is 4. The average molecular weight is 308 g/mol. The molecule has 0 aliphatic heterocycles. The summed E-state index contributed by atoms with van der Waals surface area (Å²) in [5.41, 5.74) is 2.94. The summed E-state index contributed by atoms with van der Waals surface area (Å²) in [5.74, 6) is 0. The monoisotopic (exact) mass is 308 g/mol. The summed E-state index contributed by atoms with van der Waals surface area (Å²) in [6.07, 6.45) is 11.7. The van der Waals surface area contributed by atoms with Crippen LogP contribution >= 0.6 is 0 Å². The zero-order valence-corrected chi connectivity index (χ0v) is 13.8. The van der Waals surface area contributed by atoms with Gasteiger partial charge in [-0.05, 0) is 69.1 Å². The summed E-state index contributed by atoms with van der Waals surface area (Å²) < 4.78 is 0. The Labute approximate surface area is 142 Å². The molecule has 0 aromatic heterocycles.